The molecule has 15 heavy (non-hydrogen) atoms. The van der Waals surface area contributed by atoms with E-state index in [1.165, 1.54) is 57.8 Å². The zero-order valence-electron chi connectivity index (χ0n) is 9.59. The Morgan fingerprint density at radius 2 is 1.60 bits per heavy atom. The van der Waals surface area contributed by atoms with Gasteiger partial charge in [0.2, 0.25) is 0 Å². The highest BCUT2D eigenvalue weighted by Crippen LogP contribution is 2.30. The third-order valence-corrected chi connectivity index (χ3v) is 4.94. The van der Waals surface area contributed by atoms with Gasteiger partial charge in [-0.05, 0) is 31.6 Å². The molecule has 0 bridgehead atoms. The molecule has 1 nitrogen and oxygen atoms in total. The second kappa shape index (κ2) is 6.24. The van der Waals surface area contributed by atoms with E-state index >= 15 is 0 Å². The summed E-state index contributed by atoms with van der Waals surface area (Å²) < 4.78 is 6.09. The smallest absolute Gasteiger partial charge is 0.0700 e. The van der Waals surface area contributed by atoms with Crippen LogP contribution in [0, 0.1) is 5.92 Å². The number of rotatable bonds is 3. The fraction of sp³-hybridized carbons (Fsp3) is 1.00. The number of alkyl halides is 1. The maximum Gasteiger partial charge on any atom is 0.0700 e. The molecule has 2 saturated carbocycles. The van der Waals surface area contributed by atoms with Crippen molar-refractivity contribution in [3.63, 3.8) is 0 Å². The summed E-state index contributed by atoms with van der Waals surface area (Å²) >= 11 is 3.80. The highest BCUT2D eigenvalue weighted by atomic mass is 79.9. The van der Waals surface area contributed by atoms with Crippen molar-refractivity contribution in [3.8, 4) is 0 Å². The average molecular weight is 275 g/mol. The summed E-state index contributed by atoms with van der Waals surface area (Å²) in [5, 5.41) is 0. The van der Waals surface area contributed by atoms with Crippen LogP contribution in [0.3, 0.4) is 0 Å². The summed E-state index contributed by atoms with van der Waals surface area (Å²) in [6.07, 6.45) is 12.8. The van der Waals surface area contributed by atoms with Crippen molar-refractivity contribution in [2.45, 2.75) is 68.7 Å². The largest absolute Gasteiger partial charge is 0.377 e. The number of hydrogen-bond acceptors (Lipinski definition) is 1. The second-order valence-electron chi connectivity index (χ2n) is 5.18. The van der Waals surface area contributed by atoms with Gasteiger partial charge in [-0.25, -0.2) is 0 Å². The molecule has 0 amide bonds. The lowest BCUT2D eigenvalue weighted by atomic mass is 9.86. The first kappa shape index (κ1) is 11.9. The number of hydrogen-bond donors (Lipinski definition) is 0. The molecule has 2 aliphatic carbocycles. The van der Waals surface area contributed by atoms with Gasteiger partial charge in [-0.2, -0.15) is 0 Å². The minimum Gasteiger partial charge on any atom is -0.377 e. The molecule has 2 heteroatoms. The van der Waals surface area contributed by atoms with E-state index in [0.29, 0.717) is 10.9 Å². The normalized spacial score (nSPS) is 34.2. The fourth-order valence-electron chi connectivity index (χ4n) is 2.51. The Labute approximate surface area is 102 Å². The first-order valence-corrected chi connectivity index (χ1v) is 7.53. The van der Waals surface area contributed by atoms with Crippen LogP contribution in [0.2, 0.25) is 0 Å². The molecule has 88 valence electrons. The van der Waals surface area contributed by atoms with Crippen LogP contribution >= 0.6 is 15.9 Å². The molecule has 0 spiro atoms. The van der Waals surface area contributed by atoms with Crippen LogP contribution in [-0.2, 0) is 4.74 Å². The zero-order chi connectivity index (χ0) is 10.5. The Morgan fingerprint density at radius 3 is 2.27 bits per heavy atom. The van der Waals surface area contributed by atoms with Crippen LogP contribution in [-0.4, -0.2) is 17.5 Å². The van der Waals surface area contributed by atoms with Crippen molar-refractivity contribution in [2.75, 3.05) is 6.61 Å². The first-order valence-electron chi connectivity index (χ1n) is 6.62. The quantitative estimate of drug-likeness (QED) is 0.698. The summed E-state index contributed by atoms with van der Waals surface area (Å²) in [5.41, 5.74) is 0. The van der Waals surface area contributed by atoms with E-state index in [2.05, 4.69) is 15.9 Å². The van der Waals surface area contributed by atoms with E-state index in [9.17, 15) is 0 Å². The van der Waals surface area contributed by atoms with Gasteiger partial charge in [0.25, 0.3) is 0 Å². The summed E-state index contributed by atoms with van der Waals surface area (Å²) in [7, 11) is 0. The molecule has 2 fully saturated rings. The van der Waals surface area contributed by atoms with Crippen LogP contribution in [0.5, 0.6) is 0 Å². The number of halogens is 1. The van der Waals surface area contributed by atoms with Crippen molar-refractivity contribution in [1.82, 2.24) is 0 Å². The maximum absolute atomic E-state index is 6.09. The average Bonchev–Trinajstić information content (AvgIpc) is 2.14. The van der Waals surface area contributed by atoms with Gasteiger partial charge >= 0.3 is 0 Å². The van der Waals surface area contributed by atoms with Crippen LogP contribution in [0.15, 0.2) is 0 Å². The second-order valence-corrected chi connectivity index (χ2v) is 6.35. The molecule has 0 aromatic rings. The van der Waals surface area contributed by atoms with Crippen LogP contribution in [0.4, 0.5) is 0 Å². The molecule has 0 aromatic carbocycles. The summed E-state index contributed by atoms with van der Waals surface area (Å²) in [4.78, 5) is 0.609. The molecule has 0 aromatic heterocycles. The monoisotopic (exact) mass is 274 g/mol. The molecule has 2 atom stereocenters. The molecule has 0 radical (unpaired) electrons. The molecular formula is C13H23BrO. The van der Waals surface area contributed by atoms with Crippen molar-refractivity contribution in [1.29, 1.82) is 0 Å². The number of ether oxygens (including phenoxy) is 1. The minimum atomic E-state index is 0.492. The Kier molecular flexibility index (Phi) is 4.96. The molecular weight excluding hydrogens is 252 g/mol. The standard InChI is InChI=1S/C13H23BrO/c14-12-8-3-1-2-4-9-13(12)15-10-11-6-5-7-11/h11-13H,1-10H2. The molecule has 2 rings (SSSR count). The van der Waals surface area contributed by atoms with Crippen molar-refractivity contribution < 1.29 is 4.74 Å². The summed E-state index contributed by atoms with van der Waals surface area (Å²) in [5.74, 6) is 0.884. The Bertz CT molecular complexity index is 179. The minimum absolute atomic E-state index is 0.492. The van der Waals surface area contributed by atoms with Gasteiger partial charge < -0.3 is 4.74 Å². The third kappa shape index (κ3) is 3.74. The molecule has 0 heterocycles. The van der Waals surface area contributed by atoms with Crippen LogP contribution in [0.25, 0.3) is 0 Å². The van der Waals surface area contributed by atoms with Crippen molar-refractivity contribution >= 4 is 15.9 Å². The SMILES string of the molecule is BrC1CCCCCCC1OCC1CCC1. The van der Waals surface area contributed by atoms with Crippen molar-refractivity contribution in [2.24, 2.45) is 5.92 Å². The lowest BCUT2D eigenvalue weighted by Crippen LogP contribution is -2.29. The van der Waals surface area contributed by atoms with Crippen molar-refractivity contribution in [3.05, 3.63) is 0 Å². The Hall–Kier alpha value is 0.440. The van der Waals surface area contributed by atoms with Gasteiger partial charge in [0, 0.05) is 11.4 Å². The van der Waals surface area contributed by atoms with Crippen LogP contribution in [0.1, 0.15) is 57.8 Å². The van der Waals surface area contributed by atoms with Gasteiger partial charge in [-0.3, -0.25) is 0 Å². The summed E-state index contributed by atoms with van der Waals surface area (Å²) in [6.45, 7) is 1.02. The fourth-order valence-corrected chi connectivity index (χ4v) is 3.25. The van der Waals surface area contributed by atoms with Gasteiger partial charge in [0.05, 0.1) is 6.10 Å². The van der Waals surface area contributed by atoms with Crippen LogP contribution < -0.4 is 0 Å². The summed E-state index contributed by atoms with van der Waals surface area (Å²) in [6, 6.07) is 0. The molecule has 2 unspecified atom stereocenters. The van der Waals surface area contributed by atoms with Gasteiger partial charge in [-0.1, -0.05) is 48.0 Å². The third-order valence-electron chi connectivity index (χ3n) is 3.89. The zero-order valence-corrected chi connectivity index (χ0v) is 11.2. The lowest BCUT2D eigenvalue weighted by Gasteiger charge is -2.30. The van der Waals surface area contributed by atoms with E-state index in [-0.39, 0.29) is 0 Å². The van der Waals surface area contributed by atoms with E-state index in [1.807, 2.05) is 0 Å². The molecule has 0 N–H and O–H groups in total. The maximum atomic E-state index is 6.09. The predicted molar refractivity (Wildman–Crippen MR) is 67.5 cm³/mol. The van der Waals surface area contributed by atoms with Gasteiger partial charge in [-0.15, -0.1) is 0 Å². The topological polar surface area (TPSA) is 9.23 Å². The highest BCUT2D eigenvalue weighted by Gasteiger charge is 2.24. The molecule has 0 aliphatic heterocycles. The lowest BCUT2D eigenvalue weighted by molar-refractivity contribution is 0.00233. The van der Waals surface area contributed by atoms with E-state index < -0.39 is 0 Å². The molecule has 2 aliphatic rings. The van der Waals surface area contributed by atoms with Gasteiger partial charge in [0.1, 0.15) is 0 Å². The predicted octanol–water partition coefficient (Wildman–Crippen LogP) is 4.29. The first-order chi connectivity index (χ1) is 7.36. The van der Waals surface area contributed by atoms with E-state index in [4.69, 9.17) is 4.74 Å². The highest BCUT2D eigenvalue weighted by molar-refractivity contribution is 9.09. The Morgan fingerprint density at radius 1 is 0.867 bits per heavy atom. The van der Waals surface area contributed by atoms with E-state index in [1.54, 1.807) is 0 Å². The Balaban J connectivity index is 1.70. The molecule has 0 saturated heterocycles. The van der Waals surface area contributed by atoms with Gasteiger partial charge in [0.15, 0.2) is 0 Å². The van der Waals surface area contributed by atoms with E-state index in [0.717, 1.165) is 12.5 Å².